The third kappa shape index (κ3) is 3.93. The first-order chi connectivity index (χ1) is 10.0. The monoisotopic (exact) mass is 351 g/mol. The molecule has 0 radical (unpaired) electrons. The number of hydrogen-bond acceptors (Lipinski definition) is 3. The number of aryl methyl sites for hydroxylation is 2. The van der Waals surface area contributed by atoms with Crippen LogP contribution in [0.15, 0.2) is 28.9 Å². The van der Waals surface area contributed by atoms with E-state index in [9.17, 15) is 0 Å². The highest BCUT2D eigenvalue weighted by atomic mass is 79.9. The molecular weight excluding hydrogens is 330 g/mol. The van der Waals surface area contributed by atoms with Crippen molar-refractivity contribution in [3.63, 3.8) is 0 Å². The zero-order chi connectivity index (χ0) is 15.4. The number of methoxy groups -OCH3 is 1. The average Bonchev–Trinajstić information content (AvgIpc) is 2.81. The van der Waals surface area contributed by atoms with Gasteiger partial charge in [0.05, 0.1) is 35.6 Å². The van der Waals surface area contributed by atoms with Gasteiger partial charge >= 0.3 is 0 Å². The molecule has 2 aromatic rings. The van der Waals surface area contributed by atoms with Crippen molar-refractivity contribution < 1.29 is 4.74 Å². The molecule has 0 saturated heterocycles. The van der Waals surface area contributed by atoms with Crippen LogP contribution in [0, 0.1) is 13.8 Å². The second-order valence-electron chi connectivity index (χ2n) is 5.33. The maximum absolute atomic E-state index is 6.43. The van der Waals surface area contributed by atoms with Crippen molar-refractivity contribution in [1.82, 2.24) is 9.78 Å². The number of ether oxygens (including phenoxy) is 1. The molecule has 2 rings (SSSR count). The van der Waals surface area contributed by atoms with E-state index in [2.05, 4.69) is 53.1 Å². The van der Waals surface area contributed by atoms with Crippen LogP contribution in [0.3, 0.4) is 0 Å². The van der Waals surface area contributed by atoms with Gasteiger partial charge in [-0.1, -0.05) is 23.8 Å². The Hall–Kier alpha value is -1.17. The second kappa shape index (κ2) is 7.20. The van der Waals surface area contributed by atoms with Crippen LogP contribution in [0.4, 0.5) is 0 Å². The third-order valence-electron chi connectivity index (χ3n) is 3.64. The number of benzene rings is 1. The fraction of sp³-hybridized carbons (Fsp3) is 0.438. The Bertz CT molecular complexity index is 610. The summed E-state index contributed by atoms with van der Waals surface area (Å²) >= 11 is 3.55. The van der Waals surface area contributed by atoms with Crippen molar-refractivity contribution >= 4 is 15.9 Å². The van der Waals surface area contributed by atoms with Gasteiger partial charge in [0.15, 0.2) is 0 Å². The molecule has 0 spiro atoms. The Morgan fingerprint density at radius 1 is 1.38 bits per heavy atom. The average molecular weight is 352 g/mol. The van der Waals surface area contributed by atoms with Crippen LogP contribution in [-0.4, -0.2) is 23.5 Å². The molecule has 1 atom stereocenters. The molecule has 1 unspecified atom stereocenters. The summed E-state index contributed by atoms with van der Waals surface area (Å²) in [5.41, 5.74) is 11.3. The SMILES string of the molecule is COCCn1ncc(Br)c1C(N)Cc1cc(C)ccc1C. The molecule has 0 bridgehead atoms. The van der Waals surface area contributed by atoms with Crippen molar-refractivity contribution in [2.24, 2.45) is 5.73 Å². The van der Waals surface area contributed by atoms with Crippen molar-refractivity contribution in [3.8, 4) is 0 Å². The Balaban J connectivity index is 2.21. The molecule has 1 aromatic carbocycles. The minimum absolute atomic E-state index is 0.0979. The van der Waals surface area contributed by atoms with Crippen molar-refractivity contribution in [2.75, 3.05) is 13.7 Å². The van der Waals surface area contributed by atoms with E-state index in [1.54, 1.807) is 13.3 Å². The molecule has 21 heavy (non-hydrogen) atoms. The molecule has 5 heteroatoms. The smallest absolute Gasteiger partial charge is 0.0697 e. The van der Waals surface area contributed by atoms with E-state index < -0.39 is 0 Å². The summed E-state index contributed by atoms with van der Waals surface area (Å²) in [6.07, 6.45) is 2.60. The number of nitrogens with two attached hydrogens (primary N) is 1. The highest BCUT2D eigenvalue weighted by molar-refractivity contribution is 9.10. The topological polar surface area (TPSA) is 53.1 Å². The van der Waals surface area contributed by atoms with E-state index in [4.69, 9.17) is 10.5 Å². The van der Waals surface area contributed by atoms with E-state index in [0.717, 1.165) is 16.6 Å². The van der Waals surface area contributed by atoms with Crippen molar-refractivity contribution in [1.29, 1.82) is 0 Å². The third-order valence-corrected chi connectivity index (χ3v) is 4.25. The van der Waals surface area contributed by atoms with Gasteiger partial charge in [0, 0.05) is 7.11 Å². The molecule has 0 aliphatic heterocycles. The van der Waals surface area contributed by atoms with Crippen LogP contribution in [0.25, 0.3) is 0 Å². The molecule has 1 heterocycles. The van der Waals surface area contributed by atoms with Gasteiger partial charge in [0.1, 0.15) is 0 Å². The molecular formula is C16H22BrN3O. The predicted molar refractivity (Wildman–Crippen MR) is 88.4 cm³/mol. The molecule has 0 fully saturated rings. The fourth-order valence-corrected chi connectivity index (χ4v) is 3.04. The second-order valence-corrected chi connectivity index (χ2v) is 6.19. The Morgan fingerprint density at radius 3 is 2.86 bits per heavy atom. The quantitative estimate of drug-likeness (QED) is 0.869. The van der Waals surface area contributed by atoms with E-state index in [-0.39, 0.29) is 6.04 Å². The first-order valence-electron chi connectivity index (χ1n) is 7.04. The van der Waals surface area contributed by atoms with Gasteiger partial charge in [-0.15, -0.1) is 0 Å². The number of rotatable bonds is 6. The molecule has 0 aliphatic carbocycles. The molecule has 0 saturated carbocycles. The molecule has 4 nitrogen and oxygen atoms in total. The van der Waals surface area contributed by atoms with Gasteiger partial charge in [-0.2, -0.15) is 5.10 Å². The van der Waals surface area contributed by atoms with Gasteiger partial charge in [0.25, 0.3) is 0 Å². The van der Waals surface area contributed by atoms with Crippen molar-refractivity contribution in [2.45, 2.75) is 32.9 Å². The summed E-state index contributed by atoms with van der Waals surface area (Å²) in [7, 11) is 1.69. The van der Waals surface area contributed by atoms with Gasteiger partial charge in [-0.25, -0.2) is 0 Å². The Morgan fingerprint density at radius 2 is 2.14 bits per heavy atom. The Kier molecular flexibility index (Phi) is 5.56. The maximum Gasteiger partial charge on any atom is 0.0697 e. The van der Waals surface area contributed by atoms with E-state index in [1.165, 1.54) is 16.7 Å². The zero-order valence-electron chi connectivity index (χ0n) is 12.8. The largest absolute Gasteiger partial charge is 0.383 e. The molecule has 114 valence electrons. The lowest BCUT2D eigenvalue weighted by molar-refractivity contribution is 0.182. The van der Waals surface area contributed by atoms with E-state index in [0.29, 0.717) is 13.2 Å². The lowest BCUT2D eigenvalue weighted by Gasteiger charge is -2.17. The summed E-state index contributed by atoms with van der Waals surface area (Å²) in [5, 5.41) is 4.37. The van der Waals surface area contributed by atoms with Crippen LogP contribution in [0.2, 0.25) is 0 Å². The summed E-state index contributed by atoms with van der Waals surface area (Å²) in [6, 6.07) is 6.38. The van der Waals surface area contributed by atoms with E-state index >= 15 is 0 Å². The van der Waals surface area contributed by atoms with Crippen LogP contribution in [0.1, 0.15) is 28.4 Å². The van der Waals surface area contributed by atoms with Gasteiger partial charge in [0.2, 0.25) is 0 Å². The number of aromatic nitrogens is 2. The van der Waals surface area contributed by atoms with Crippen molar-refractivity contribution in [3.05, 3.63) is 51.3 Å². The molecule has 2 N–H and O–H groups in total. The van der Waals surface area contributed by atoms with Crippen LogP contribution >= 0.6 is 15.9 Å². The Labute approximate surface area is 134 Å². The number of hydrogen-bond donors (Lipinski definition) is 1. The van der Waals surface area contributed by atoms with Crippen LogP contribution in [0.5, 0.6) is 0 Å². The lowest BCUT2D eigenvalue weighted by atomic mass is 9.98. The summed E-state index contributed by atoms with van der Waals surface area (Å²) in [4.78, 5) is 0. The predicted octanol–water partition coefficient (Wildman–Crippen LogP) is 3.15. The summed E-state index contributed by atoms with van der Waals surface area (Å²) < 4.78 is 8.00. The minimum Gasteiger partial charge on any atom is -0.383 e. The van der Waals surface area contributed by atoms with Crippen LogP contribution in [-0.2, 0) is 17.7 Å². The molecule has 1 aromatic heterocycles. The van der Waals surface area contributed by atoms with Gasteiger partial charge in [-0.3, -0.25) is 4.68 Å². The fourth-order valence-electron chi connectivity index (χ4n) is 2.45. The standard InChI is InChI=1S/C16H22BrN3O/c1-11-4-5-12(2)13(8-11)9-15(18)16-14(17)10-19-20(16)6-7-21-3/h4-5,8,10,15H,6-7,9,18H2,1-3H3. The lowest BCUT2D eigenvalue weighted by Crippen LogP contribution is -2.20. The normalized spacial score (nSPS) is 12.6. The minimum atomic E-state index is -0.0979. The molecule has 0 amide bonds. The van der Waals surface area contributed by atoms with E-state index in [1.807, 2.05) is 4.68 Å². The summed E-state index contributed by atoms with van der Waals surface area (Å²) in [5.74, 6) is 0. The summed E-state index contributed by atoms with van der Waals surface area (Å²) in [6.45, 7) is 5.56. The number of halogens is 1. The first kappa shape index (κ1) is 16.2. The highest BCUT2D eigenvalue weighted by Crippen LogP contribution is 2.25. The molecule has 0 aliphatic rings. The van der Waals surface area contributed by atoms with Gasteiger partial charge in [-0.05, 0) is 47.3 Å². The highest BCUT2D eigenvalue weighted by Gasteiger charge is 2.17. The zero-order valence-corrected chi connectivity index (χ0v) is 14.4. The first-order valence-corrected chi connectivity index (χ1v) is 7.84. The number of nitrogens with zero attached hydrogens (tertiary/aromatic N) is 2. The van der Waals surface area contributed by atoms with Gasteiger partial charge < -0.3 is 10.5 Å². The van der Waals surface area contributed by atoms with Crippen LogP contribution < -0.4 is 5.73 Å². The maximum atomic E-state index is 6.43.